The third-order valence-electron chi connectivity index (χ3n) is 3.06. The predicted molar refractivity (Wildman–Crippen MR) is 80.5 cm³/mol. The molecule has 3 rings (SSSR count). The van der Waals surface area contributed by atoms with Gasteiger partial charge in [0.2, 0.25) is 5.95 Å². The van der Waals surface area contributed by atoms with E-state index in [1.54, 1.807) is 0 Å². The Bertz CT molecular complexity index is 776. The molecule has 0 saturated carbocycles. The summed E-state index contributed by atoms with van der Waals surface area (Å²) >= 11 is 3.47. The Balaban J connectivity index is 2.33. The van der Waals surface area contributed by atoms with Gasteiger partial charge in [-0.25, -0.2) is 9.97 Å². The van der Waals surface area contributed by atoms with Crippen LogP contribution in [0.4, 0.5) is 5.95 Å². The number of nitrogen functional groups attached to an aromatic ring is 1. The molecule has 0 aliphatic rings. The predicted octanol–water partition coefficient (Wildman–Crippen LogP) is 3.38. The van der Waals surface area contributed by atoms with Gasteiger partial charge in [0.05, 0.1) is 5.69 Å². The van der Waals surface area contributed by atoms with Crippen LogP contribution < -0.4 is 5.73 Å². The summed E-state index contributed by atoms with van der Waals surface area (Å²) in [7, 11) is 0. The first-order chi connectivity index (χ1) is 9.06. The lowest BCUT2D eigenvalue weighted by molar-refractivity contribution is 1.06. The monoisotopic (exact) mass is 316 g/mol. The quantitative estimate of drug-likeness (QED) is 0.748. The van der Waals surface area contributed by atoms with E-state index < -0.39 is 0 Å². The van der Waals surface area contributed by atoms with Crippen LogP contribution in [-0.2, 0) is 0 Å². The number of aryl methyl sites for hydroxylation is 2. The number of fused-ring (bicyclic) bond motifs is 1. The first-order valence-corrected chi connectivity index (χ1v) is 6.72. The number of halogens is 1. The smallest absolute Gasteiger partial charge is 0.207 e. The molecule has 0 amide bonds. The van der Waals surface area contributed by atoms with Gasteiger partial charge in [-0.1, -0.05) is 15.9 Å². The van der Waals surface area contributed by atoms with E-state index in [9.17, 15) is 0 Å². The lowest BCUT2D eigenvalue weighted by atomic mass is 10.2. The molecule has 0 atom stereocenters. The van der Waals surface area contributed by atoms with Crippen molar-refractivity contribution in [1.29, 1.82) is 0 Å². The number of rotatable bonds is 1. The summed E-state index contributed by atoms with van der Waals surface area (Å²) in [5.41, 5.74) is 10.8. The molecule has 0 fully saturated rings. The molecular formula is C14H13BrN4. The summed E-state index contributed by atoms with van der Waals surface area (Å²) in [6.07, 6.45) is 1.83. The van der Waals surface area contributed by atoms with Crippen LogP contribution >= 0.6 is 15.9 Å². The molecule has 0 aliphatic heterocycles. The number of hydrogen-bond donors (Lipinski definition) is 1. The standard InChI is InChI=1S/C14H13BrN4/c1-8-5-11-13(17-7-8)19(14(16)18-11)12-4-3-10(15)6-9(12)2/h3-7H,1-2H3,(H2,16,18). The summed E-state index contributed by atoms with van der Waals surface area (Å²) in [5, 5.41) is 0. The van der Waals surface area contributed by atoms with Crippen molar-refractivity contribution in [2.75, 3.05) is 5.73 Å². The highest BCUT2D eigenvalue weighted by atomic mass is 79.9. The molecule has 5 heteroatoms. The van der Waals surface area contributed by atoms with Crippen molar-refractivity contribution in [3.05, 3.63) is 46.1 Å². The number of nitrogens with zero attached hydrogens (tertiary/aromatic N) is 3. The van der Waals surface area contributed by atoms with Crippen molar-refractivity contribution < 1.29 is 0 Å². The lowest BCUT2D eigenvalue weighted by Gasteiger charge is -2.09. The minimum atomic E-state index is 0.457. The van der Waals surface area contributed by atoms with Gasteiger partial charge in [-0.15, -0.1) is 0 Å². The van der Waals surface area contributed by atoms with Gasteiger partial charge >= 0.3 is 0 Å². The number of nitrogens with two attached hydrogens (primary N) is 1. The average molecular weight is 317 g/mol. The number of pyridine rings is 1. The van der Waals surface area contributed by atoms with E-state index in [4.69, 9.17) is 5.73 Å². The largest absolute Gasteiger partial charge is 0.369 e. The molecule has 2 N–H and O–H groups in total. The molecule has 0 saturated heterocycles. The van der Waals surface area contributed by atoms with E-state index in [1.165, 1.54) is 0 Å². The summed E-state index contributed by atoms with van der Waals surface area (Å²) in [6.45, 7) is 4.03. The Labute approximate surface area is 119 Å². The van der Waals surface area contributed by atoms with Gasteiger partial charge in [-0.2, -0.15) is 0 Å². The maximum Gasteiger partial charge on any atom is 0.207 e. The first kappa shape index (κ1) is 12.2. The summed E-state index contributed by atoms with van der Waals surface area (Å²) in [4.78, 5) is 8.83. The van der Waals surface area contributed by atoms with Gasteiger partial charge in [-0.3, -0.25) is 4.57 Å². The number of hydrogen-bond acceptors (Lipinski definition) is 3. The van der Waals surface area contributed by atoms with Crippen molar-refractivity contribution >= 4 is 33.0 Å². The molecule has 19 heavy (non-hydrogen) atoms. The Morgan fingerprint density at radius 1 is 1.21 bits per heavy atom. The molecule has 0 unspecified atom stereocenters. The highest BCUT2D eigenvalue weighted by Gasteiger charge is 2.13. The maximum atomic E-state index is 6.04. The van der Waals surface area contributed by atoms with Crippen LogP contribution in [0, 0.1) is 13.8 Å². The van der Waals surface area contributed by atoms with Crippen molar-refractivity contribution in [3.63, 3.8) is 0 Å². The second kappa shape index (κ2) is 4.35. The fourth-order valence-corrected chi connectivity index (χ4v) is 2.67. The van der Waals surface area contributed by atoms with Gasteiger partial charge in [0.15, 0.2) is 5.65 Å². The molecule has 3 aromatic rings. The molecule has 0 radical (unpaired) electrons. The zero-order valence-corrected chi connectivity index (χ0v) is 12.3. The van der Waals surface area contributed by atoms with E-state index in [2.05, 4.69) is 32.0 Å². The maximum absolute atomic E-state index is 6.04. The third kappa shape index (κ3) is 2.00. The van der Waals surface area contributed by atoms with Gasteiger partial charge in [0.1, 0.15) is 5.52 Å². The number of benzene rings is 1. The highest BCUT2D eigenvalue weighted by molar-refractivity contribution is 9.10. The van der Waals surface area contributed by atoms with Crippen molar-refractivity contribution in [1.82, 2.24) is 14.5 Å². The van der Waals surface area contributed by atoms with Crippen LogP contribution in [0.15, 0.2) is 34.9 Å². The molecular weight excluding hydrogens is 304 g/mol. The van der Waals surface area contributed by atoms with Crippen LogP contribution in [0.1, 0.15) is 11.1 Å². The van der Waals surface area contributed by atoms with E-state index in [0.717, 1.165) is 32.5 Å². The van der Waals surface area contributed by atoms with Gasteiger partial charge < -0.3 is 5.73 Å². The van der Waals surface area contributed by atoms with Crippen LogP contribution in [0.5, 0.6) is 0 Å². The second-order valence-electron chi connectivity index (χ2n) is 4.59. The number of anilines is 1. The SMILES string of the molecule is Cc1cnc2c(c1)nc(N)n2-c1ccc(Br)cc1C. The molecule has 0 spiro atoms. The van der Waals surface area contributed by atoms with Crippen molar-refractivity contribution in [3.8, 4) is 5.69 Å². The minimum Gasteiger partial charge on any atom is -0.369 e. The Morgan fingerprint density at radius 2 is 2.00 bits per heavy atom. The normalized spacial score (nSPS) is 11.1. The van der Waals surface area contributed by atoms with Crippen LogP contribution in [0.2, 0.25) is 0 Å². The number of aromatic nitrogens is 3. The van der Waals surface area contributed by atoms with E-state index >= 15 is 0 Å². The van der Waals surface area contributed by atoms with E-state index in [1.807, 2.05) is 42.8 Å². The van der Waals surface area contributed by atoms with E-state index in [-0.39, 0.29) is 0 Å². The zero-order valence-electron chi connectivity index (χ0n) is 10.7. The zero-order chi connectivity index (χ0) is 13.6. The Kier molecular flexibility index (Phi) is 2.78. The molecule has 96 valence electrons. The lowest BCUT2D eigenvalue weighted by Crippen LogP contribution is -2.03. The summed E-state index contributed by atoms with van der Waals surface area (Å²) < 4.78 is 2.93. The molecule has 2 heterocycles. The Morgan fingerprint density at radius 3 is 2.74 bits per heavy atom. The van der Waals surface area contributed by atoms with Crippen molar-refractivity contribution in [2.45, 2.75) is 13.8 Å². The molecule has 0 aliphatic carbocycles. The molecule has 0 bridgehead atoms. The average Bonchev–Trinajstić information content (AvgIpc) is 2.65. The minimum absolute atomic E-state index is 0.457. The molecule has 2 aromatic heterocycles. The third-order valence-corrected chi connectivity index (χ3v) is 3.55. The van der Waals surface area contributed by atoms with Crippen LogP contribution in [0.25, 0.3) is 16.9 Å². The van der Waals surface area contributed by atoms with Crippen LogP contribution in [-0.4, -0.2) is 14.5 Å². The van der Waals surface area contributed by atoms with Gasteiger partial charge in [0, 0.05) is 10.7 Å². The number of imidazole rings is 1. The topological polar surface area (TPSA) is 56.7 Å². The first-order valence-electron chi connectivity index (χ1n) is 5.93. The summed E-state index contributed by atoms with van der Waals surface area (Å²) in [5.74, 6) is 0.457. The second-order valence-corrected chi connectivity index (χ2v) is 5.51. The fraction of sp³-hybridized carbons (Fsp3) is 0.143. The molecule has 4 nitrogen and oxygen atoms in total. The molecule has 1 aromatic carbocycles. The van der Waals surface area contributed by atoms with E-state index in [0.29, 0.717) is 5.95 Å². The van der Waals surface area contributed by atoms with Crippen molar-refractivity contribution in [2.24, 2.45) is 0 Å². The van der Waals surface area contributed by atoms with Crippen LogP contribution in [0.3, 0.4) is 0 Å². The van der Waals surface area contributed by atoms with Gasteiger partial charge in [0.25, 0.3) is 0 Å². The summed E-state index contributed by atoms with van der Waals surface area (Å²) in [6, 6.07) is 8.04. The highest BCUT2D eigenvalue weighted by Crippen LogP contribution is 2.26. The fourth-order valence-electron chi connectivity index (χ4n) is 2.19. The van der Waals surface area contributed by atoms with Gasteiger partial charge in [-0.05, 0) is 49.2 Å². The Hall–Kier alpha value is -1.88.